The molecule has 1 saturated heterocycles. The van der Waals surface area contributed by atoms with E-state index in [1.807, 2.05) is 16.3 Å². The van der Waals surface area contributed by atoms with Crippen LogP contribution in [0.1, 0.15) is 0 Å². The third kappa shape index (κ3) is 2.66. The van der Waals surface area contributed by atoms with Crippen molar-refractivity contribution in [2.24, 2.45) is 0 Å². The van der Waals surface area contributed by atoms with Crippen molar-refractivity contribution in [3.05, 3.63) is 17.8 Å². The SMILES string of the molecule is O=C(CNc1ncnc2sccc12)N1CCOCC1. The maximum absolute atomic E-state index is 12.0. The van der Waals surface area contributed by atoms with Gasteiger partial charge in [-0.2, -0.15) is 0 Å². The first-order valence-electron chi connectivity index (χ1n) is 6.12. The van der Waals surface area contributed by atoms with Gasteiger partial charge in [0.25, 0.3) is 0 Å². The summed E-state index contributed by atoms with van der Waals surface area (Å²) in [6, 6.07) is 1.96. The monoisotopic (exact) mass is 278 g/mol. The highest BCUT2D eigenvalue weighted by Gasteiger charge is 2.16. The van der Waals surface area contributed by atoms with Gasteiger partial charge < -0.3 is 15.0 Å². The van der Waals surface area contributed by atoms with Gasteiger partial charge in [-0.25, -0.2) is 9.97 Å². The van der Waals surface area contributed by atoms with Crippen molar-refractivity contribution in [3.8, 4) is 0 Å². The van der Waals surface area contributed by atoms with Crippen molar-refractivity contribution in [1.29, 1.82) is 0 Å². The summed E-state index contributed by atoms with van der Waals surface area (Å²) in [5.41, 5.74) is 0. The molecule has 0 unspecified atom stereocenters. The topological polar surface area (TPSA) is 67.4 Å². The summed E-state index contributed by atoms with van der Waals surface area (Å²) in [4.78, 5) is 23.1. The van der Waals surface area contributed by atoms with E-state index in [1.165, 1.54) is 6.33 Å². The van der Waals surface area contributed by atoms with Crippen molar-refractivity contribution in [1.82, 2.24) is 14.9 Å². The van der Waals surface area contributed by atoms with Crippen molar-refractivity contribution < 1.29 is 9.53 Å². The maximum Gasteiger partial charge on any atom is 0.242 e. The van der Waals surface area contributed by atoms with Crippen LogP contribution in [0.5, 0.6) is 0 Å². The van der Waals surface area contributed by atoms with Crippen LogP contribution < -0.4 is 5.32 Å². The highest BCUT2D eigenvalue weighted by Crippen LogP contribution is 2.23. The lowest BCUT2D eigenvalue weighted by Gasteiger charge is -2.26. The molecule has 1 amide bonds. The van der Waals surface area contributed by atoms with Gasteiger partial charge in [-0.1, -0.05) is 0 Å². The maximum atomic E-state index is 12.0. The number of hydrogen-bond donors (Lipinski definition) is 1. The largest absolute Gasteiger partial charge is 0.378 e. The van der Waals surface area contributed by atoms with Gasteiger partial charge in [0.15, 0.2) is 0 Å². The number of ether oxygens (including phenoxy) is 1. The second-order valence-corrected chi connectivity index (χ2v) is 5.10. The van der Waals surface area contributed by atoms with Gasteiger partial charge in [0.2, 0.25) is 5.91 Å². The van der Waals surface area contributed by atoms with Crippen LogP contribution in [0.4, 0.5) is 5.82 Å². The summed E-state index contributed by atoms with van der Waals surface area (Å²) < 4.78 is 5.23. The molecule has 1 N–H and O–H groups in total. The third-order valence-electron chi connectivity index (χ3n) is 3.03. The number of carbonyl (C=O) groups excluding carboxylic acids is 1. The molecule has 0 radical (unpaired) electrons. The Labute approximate surface area is 114 Å². The van der Waals surface area contributed by atoms with E-state index in [0.29, 0.717) is 32.1 Å². The normalized spacial score (nSPS) is 15.7. The Hall–Kier alpha value is -1.73. The minimum Gasteiger partial charge on any atom is -0.378 e. The molecule has 0 atom stereocenters. The number of amides is 1. The van der Waals surface area contributed by atoms with E-state index in [-0.39, 0.29) is 12.5 Å². The summed E-state index contributed by atoms with van der Waals surface area (Å²) in [5, 5.41) is 6.02. The molecule has 0 aromatic carbocycles. The van der Waals surface area contributed by atoms with Gasteiger partial charge in [0.1, 0.15) is 17.0 Å². The molecule has 1 aliphatic rings. The van der Waals surface area contributed by atoms with E-state index in [1.54, 1.807) is 11.3 Å². The van der Waals surface area contributed by atoms with Gasteiger partial charge in [0.05, 0.1) is 25.1 Å². The zero-order valence-electron chi connectivity index (χ0n) is 10.3. The lowest BCUT2D eigenvalue weighted by molar-refractivity contribution is -0.133. The Bertz CT molecular complexity index is 580. The number of anilines is 1. The molecule has 0 saturated carbocycles. The van der Waals surface area contributed by atoms with E-state index in [4.69, 9.17) is 4.74 Å². The molecule has 0 spiro atoms. The second-order valence-electron chi connectivity index (χ2n) is 4.21. The first-order valence-corrected chi connectivity index (χ1v) is 7.00. The minimum atomic E-state index is 0.0743. The van der Waals surface area contributed by atoms with Crippen molar-refractivity contribution >= 4 is 33.3 Å². The number of nitrogens with zero attached hydrogens (tertiary/aromatic N) is 3. The summed E-state index contributed by atoms with van der Waals surface area (Å²) in [6.45, 7) is 2.82. The lowest BCUT2D eigenvalue weighted by atomic mass is 10.3. The average Bonchev–Trinajstić information content (AvgIpc) is 2.94. The van der Waals surface area contributed by atoms with Gasteiger partial charge >= 0.3 is 0 Å². The number of hydrogen-bond acceptors (Lipinski definition) is 6. The van der Waals surface area contributed by atoms with Crippen LogP contribution in [-0.2, 0) is 9.53 Å². The predicted octanol–water partition coefficient (Wildman–Crippen LogP) is 0.962. The molecule has 0 bridgehead atoms. The number of morpholine rings is 1. The van der Waals surface area contributed by atoms with Crippen molar-refractivity contribution in [2.75, 3.05) is 38.2 Å². The van der Waals surface area contributed by atoms with Crippen LogP contribution in [0.15, 0.2) is 17.8 Å². The van der Waals surface area contributed by atoms with Gasteiger partial charge in [0, 0.05) is 13.1 Å². The minimum absolute atomic E-state index is 0.0743. The molecule has 2 aromatic rings. The fraction of sp³-hybridized carbons (Fsp3) is 0.417. The predicted molar refractivity (Wildman–Crippen MR) is 73.3 cm³/mol. The van der Waals surface area contributed by atoms with Crippen LogP contribution >= 0.6 is 11.3 Å². The van der Waals surface area contributed by atoms with E-state index in [2.05, 4.69) is 15.3 Å². The van der Waals surface area contributed by atoms with Crippen molar-refractivity contribution in [3.63, 3.8) is 0 Å². The van der Waals surface area contributed by atoms with E-state index in [9.17, 15) is 4.79 Å². The Morgan fingerprint density at radius 2 is 2.26 bits per heavy atom. The van der Waals surface area contributed by atoms with Crippen LogP contribution in [0.25, 0.3) is 10.2 Å². The van der Waals surface area contributed by atoms with E-state index in [0.717, 1.165) is 10.2 Å². The highest BCUT2D eigenvalue weighted by atomic mass is 32.1. The molecule has 6 nitrogen and oxygen atoms in total. The first kappa shape index (κ1) is 12.3. The van der Waals surface area contributed by atoms with E-state index >= 15 is 0 Å². The highest BCUT2D eigenvalue weighted by molar-refractivity contribution is 7.16. The Balaban J connectivity index is 1.65. The molecule has 3 heterocycles. The Morgan fingerprint density at radius 3 is 3.11 bits per heavy atom. The standard InChI is InChI=1S/C12H14N4O2S/c17-10(16-2-4-18-5-3-16)7-13-11-9-1-6-19-12(9)15-8-14-11/h1,6,8H,2-5,7H2,(H,13,14,15). The fourth-order valence-corrected chi connectivity index (χ4v) is 2.75. The summed E-state index contributed by atoms with van der Waals surface area (Å²) >= 11 is 1.56. The molecule has 100 valence electrons. The van der Waals surface area contributed by atoms with Crippen LogP contribution in [0.3, 0.4) is 0 Å². The zero-order chi connectivity index (χ0) is 13.1. The van der Waals surface area contributed by atoms with Gasteiger partial charge in [-0.05, 0) is 11.4 Å². The van der Waals surface area contributed by atoms with Gasteiger partial charge in [-0.15, -0.1) is 11.3 Å². The molecule has 0 aliphatic carbocycles. The molecular weight excluding hydrogens is 264 g/mol. The molecule has 1 fully saturated rings. The fourth-order valence-electron chi connectivity index (χ4n) is 2.01. The van der Waals surface area contributed by atoms with Gasteiger partial charge in [-0.3, -0.25) is 4.79 Å². The number of nitrogens with one attached hydrogen (secondary N) is 1. The molecule has 7 heteroatoms. The number of aromatic nitrogens is 2. The Morgan fingerprint density at radius 1 is 1.42 bits per heavy atom. The summed E-state index contributed by atoms with van der Waals surface area (Å²) in [7, 11) is 0. The van der Waals surface area contributed by atoms with Crippen molar-refractivity contribution in [2.45, 2.75) is 0 Å². The number of carbonyl (C=O) groups is 1. The number of fused-ring (bicyclic) bond motifs is 1. The molecular formula is C12H14N4O2S. The first-order chi connectivity index (χ1) is 9.34. The molecule has 3 rings (SSSR count). The lowest BCUT2D eigenvalue weighted by Crippen LogP contribution is -2.43. The molecule has 1 aliphatic heterocycles. The number of thiophene rings is 1. The summed E-state index contributed by atoms with van der Waals surface area (Å²) in [6.07, 6.45) is 1.51. The van der Waals surface area contributed by atoms with Crippen LogP contribution in [-0.4, -0.2) is 53.6 Å². The average molecular weight is 278 g/mol. The smallest absolute Gasteiger partial charge is 0.242 e. The quantitative estimate of drug-likeness (QED) is 0.906. The van der Waals surface area contributed by atoms with E-state index < -0.39 is 0 Å². The summed E-state index contributed by atoms with van der Waals surface area (Å²) in [5.74, 6) is 0.790. The van der Waals surface area contributed by atoms with Crippen LogP contribution in [0, 0.1) is 0 Å². The second kappa shape index (κ2) is 5.50. The Kier molecular flexibility index (Phi) is 3.56. The van der Waals surface area contributed by atoms with Crippen LogP contribution in [0.2, 0.25) is 0 Å². The molecule has 2 aromatic heterocycles. The third-order valence-corrected chi connectivity index (χ3v) is 3.85. The zero-order valence-corrected chi connectivity index (χ0v) is 11.2. The molecule has 19 heavy (non-hydrogen) atoms. The number of rotatable bonds is 3.